The zero-order chi connectivity index (χ0) is 11.7. The van der Waals surface area contributed by atoms with Crippen LogP contribution in [0.25, 0.3) is 11.3 Å². The fourth-order valence-electron chi connectivity index (χ4n) is 1.77. The van der Waals surface area contributed by atoms with Crippen LogP contribution in [0.2, 0.25) is 0 Å². The quantitative estimate of drug-likeness (QED) is 0.755. The normalized spacial score (nSPS) is 14.2. The third kappa shape index (κ3) is 2.21. The van der Waals surface area contributed by atoms with Crippen LogP contribution in [0.4, 0.5) is 0 Å². The van der Waals surface area contributed by atoms with Gasteiger partial charge in [-0.05, 0) is 37.5 Å². The first-order valence-corrected chi connectivity index (χ1v) is 5.81. The van der Waals surface area contributed by atoms with E-state index in [9.17, 15) is 0 Å². The summed E-state index contributed by atoms with van der Waals surface area (Å²) in [4.78, 5) is 0. The lowest BCUT2D eigenvalue weighted by molar-refractivity contribution is 0.942. The van der Waals surface area contributed by atoms with Gasteiger partial charge in [0.2, 0.25) is 0 Å². The van der Waals surface area contributed by atoms with Crippen molar-refractivity contribution in [3.63, 3.8) is 0 Å². The lowest BCUT2D eigenvalue weighted by atomic mass is 10.0. The number of H-pyrrole nitrogens is 1. The van der Waals surface area contributed by atoms with Crippen LogP contribution in [0.1, 0.15) is 24.0 Å². The molecule has 0 spiro atoms. The minimum atomic E-state index is 0.644. The maximum Gasteiger partial charge on any atom is 0.113 e. The first-order valence-electron chi connectivity index (χ1n) is 5.81. The molecule has 1 heterocycles. The lowest BCUT2D eigenvalue weighted by Crippen LogP contribution is -1.85. The molecule has 2 aromatic rings. The summed E-state index contributed by atoms with van der Waals surface area (Å²) in [6, 6.07) is 6.22. The molecule has 84 valence electrons. The molecule has 0 unspecified atom stereocenters. The first kappa shape index (κ1) is 10.1. The van der Waals surface area contributed by atoms with E-state index in [1.54, 1.807) is 6.20 Å². The highest BCUT2D eigenvalue weighted by atomic mass is 15.3. The highest BCUT2D eigenvalue weighted by Gasteiger charge is 2.17. The summed E-state index contributed by atoms with van der Waals surface area (Å²) in [6.45, 7) is 2.08. The smallest absolute Gasteiger partial charge is 0.113 e. The highest BCUT2D eigenvalue weighted by Crippen LogP contribution is 2.28. The molecule has 17 heavy (non-hydrogen) atoms. The zero-order valence-corrected chi connectivity index (χ0v) is 9.70. The summed E-state index contributed by atoms with van der Waals surface area (Å²) in [5.74, 6) is 7.14. The molecule has 3 heteroatoms. The molecule has 1 aliphatic rings. The van der Waals surface area contributed by atoms with Crippen molar-refractivity contribution in [2.45, 2.75) is 19.8 Å². The van der Waals surface area contributed by atoms with Gasteiger partial charge in [-0.3, -0.25) is 0 Å². The van der Waals surface area contributed by atoms with E-state index < -0.39 is 0 Å². The molecule has 0 bridgehead atoms. The standard InChI is InChI=1S/C14H13N3/c1-10-8-12(5-4-11-2-3-11)6-7-13(10)14-9-15-17-16-14/h6-9,11H,2-3H2,1H3,(H,15,16,17). The molecule has 0 aliphatic heterocycles. The van der Waals surface area contributed by atoms with Gasteiger partial charge in [-0.15, -0.1) is 0 Å². The van der Waals surface area contributed by atoms with E-state index in [0.717, 1.165) is 16.8 Å². The largest absolute Gasteiger partial charge is 0.197 e. The van der Waals surface area contributed by atoms with Crippen molar-refractivity contribution in [1.82, 2.24) is 15.4 Å². The van der Waals surface area contributed by atoms with Crippen molar-refractivity contribution in [2.24, 2.45) is 5.92 Å². The van der Waals surface area contributed by atoms with Crippen LogP contribution in [0.3, 0.4) is 0 Å². The molecule has 1 saturated carbocycles. The van der Waals surface area contributed by atoms with E-state index in [2.05, 4.69) is 46.3 Å². The van der Waals surface area contributed by atoms with Gasteiger partial charge >= 0.3 is 0 Å². The second kappa shape index (κ2) is 4.06. The molecular formula is C14H13N3. The Morgan fingerprint density at radius 3 is 2.88 bits per heavy atom. The van der Waals surface area contributed by atoms with Gasteiger partial charge in [0.25, 0.3) is 0 Å². The molecule has 1 fully saturated rings. The summed E-state index contributed by atoms with van der Waals surface area (Å²) < 4.78 is 0. The summed E-state index contributed by atoms with van der Waals surface area (Å²) in [5, 5.41) is 10.5. The molecule has 1 aliphatic carbocycles. The van der Waals surface area contributed by atoms with Crippen molar-refractivity contribution in [2.75, 3.05) is 0 Å². The SMILES string of the molecule is Cc1cc(C#CC2CC2)ccc1-c1cn[nH]n1. The highest BCUT2D eigenvalue weighted by molar-refractivity contribution is 5.63. The number of rotatable bonds is 1. The second-order valence-corrected chi connectivity index (χ2v) is 4.43. The zero-order valence-electron chi connectivity index (χ0n) is 9.70. The Balaban J connectivity index is 1.92. The molecule has 0 saturated heterocycles. The molecular weight excluding hydrogens is 210 g/mol. The van der Waals surface area contributed by atoms with Crippen LogP contribution in [0.5, 0.6) is 0 Å². The molecule has 0 atom stereocenters. The Labute approximate surface area is 100 Å². The van der Waals surface area contributed by atoms with Crippen LogP contribution in [-0.2, 0) is 0 Å². The van der Waals surface area contributed by atoms with Crippen molar-refractivity contribution in [1.29, 1.82) is 0 Å². The van der Waals surface area contributed by atoms with E-state index in [0.29, 0.717) is 5.92 Å². The average molecular weight is 223 g/mol. The maximum atomic E-state index is 4.09. The van der Waals surface area contributed by atoms with Crippen LogP contribution >= 0.6 is 0 Å². The first-order chi connectivity index (χ1) is 8.33. The number of aromatic amines is 1. The molecule has 1 aromatic carbocycles. The summed E-state index contributed by atoms with van der Waals surface area (Å²) >= 11 is 0. The van der Waals surface area contributed by atoms with Crippen molar-refractivity contribution < 1.29 is 0 Å². The van der Waals surface area contributed by atoms with E-state index >= 15 is 0 Å². The van der Waals surface area contributed by atoms with E-state index in [1.807, 2.05) is 6.07 Å². The van der Waals surface area contributed by atoms with Gasteiger partial charge in [0.05, 0.1) is 6.20 Å². The number of benzene rings is 1. The monoisotopic (exact) mass is 223 g/mol. The third-order valence-corrected chi connectivity index (χ3v) is 2.92. The average Bonchev–Trinajstić information content (AvgIpc) is 3.01. The number of nitrogens with zero attached hydrogens (tertiary/aromatic N) is 2. The van der Waals surface area contributed by atoms with Crippen molar-refractivity contribution in [3.05, 3.63) is 35.5 Å². The second-order valence-electron chi connectivity index (χ2n) is 4.43. The Morgan fingerprint density at radius 2 is 2.24 bits per heavy atom. The van der Waals surface area contributed by atoms with Gasteiger partial charge in [0, 0.05) is 17.0 Å². The fraction of sp³-hybridized carbons (Fsp3) is 0.286. The van der Waals surface area contributed by atoms with Crippen molar-refractivity contribution >= 4 is 0 Å². The Bertz CT molecular complexity index is 584. The Hall–Kier alpha value is -2.08. The number of aromatic nitrogens is 3. The van der Waals surface area contributed by atoms with Crippen LogP contribution < -0.4 is 0 Å². The van der Waals surface area contributed by atoms with Gasteiger partial charge in [-0.2, -0.15) is 15.4 Å². The summed E-state index contributed by atoms with van der Waals surface area (Å²) in [6.07, 6.45) is 4.27. The number of aryl methyl sites for hydroxylation is 1. The van der Waals surface area contributed by atoms with Gasteiger partial charge in [-0.1, -0.05) is 17.9 Å². The van der Waals surface area contributed by atoms with E-state index in [4.69, 9.17) is 0 Å². The summed E-state index contributed by atoms with van der Waals surface area (Å²) in [7, 11) is 0. The van der Waals surface area contributed by atoms with Crippen molar-refractivity contribution in [3.8, 4) is 23.1 Å². The Kier molecular flexibility index (Phi) is 2.41. The van der Waals surface area contributed by atoms with Gasteiger partial charge < -0.3 is 0 Å². The topological polar surface area (TPSA) is 41.6 Å². The van der Waals surface area contributed by atoms with Gasteiger partial charge in [-0.25, -0.2) is 0 Å². The Morgan fingerprint density at radius 1 is 1.35 bits per heavy atom. The lowest BCUT2D eigenvalue weighted by Gasteiger charge is -2.02. The van der Waals surface area contributed by atoms with E-state index in [1.165, 1.54) is 18.4 Å². The van der Waals surface area contributed by atoms with Gasteiger partial charge in [0.1, 0.15) is 5.69 Å². The molecule has 1 N–H and O–H groups in total. The summed E-state index contributed by atoms with van der Waals surface area (Å²) in [5.41, 5.74) is 4.25. The minimum absolute atomic E-state index is 0.644. The minimum Gasteiger partial charge on any atom is -0.197 e. The molecule has 3 nitrogen and oxygen atoms in total. The molecule has 0 radical (unpaired) electrons. The number of hydrogen-bond acceptors (Lipinski definition) is 2. The molecule has 0 amide bonds. The van der Waals surface area contributed by atoms with Crippen LogP contribution in [0.15, 0.2) is 24.4 Å². The van der Waals surface area contributed by atoms with Crippen LogP contribution in [-0.4, -0.2) is 15.4 Å². The predicted molar refractivity (Wildman–Crippen MR) is 66.2 cm³/mol. The molecule has 1 aromatic heterocycles. The number of hydrogen-bond donors (Lipinski definition) is 1. The van der Waals surface area contributed by atoms with Crippen LogP contribution in [0, 0.1) is 24.7 Å². The predicted octanol–water partition coefficient (Wildman–Crippen LogP) is 2.54. The van der Waals surface area contributed by atoms with E-state index in [-0.39, 0.29) is 0 Å². The van der Waals surface area contributed by atoms with Gasteiger partial charge in [0.15, 0.2) is 0 Å². The molecule has 3 rings (SSSR count). The fourth-order valence-corrected chi connectivity index (χ4v) is 1.77. The maximum absolute atomic E-state index is 4.09. The third-order valence-electron chi connectivity index (χ3n) is 2.92. The number of nitrogens with one attached hydrogen (secondary N) is 1.